The Morgan fingerprint density at radius 2 is 1.17 bits per heavy atom. The van der Waals surface area contributed by atoms with Gasteiger partial charge >= 0.3 is 0 Å². The lowest BCUT2D eigenvalue weighted by Crippen LogP contribution is -3.00. The zero-order valence-electron chi connectivity index (χ0n) is 3.16. The van der Waals surface area contributed by atoms with E-state index >= 15 is 0 Å². The molecule has 1 fully saturated rings. The Morgan fingerprint density at radius 1 is 1.00 bits per heavy atom. The van der Waals surface area contributed by atoms with Gasteiger partial charge in [-0.1, -0.05) is 0 Å². The molecule has 1 saturated heterocycles. The first kappa shape index (κ1) is 15.8. The highest BCUT2D eigenvalue weighted by molar-refractivity contribution is 5.85. The molecule has 1 nitrogen and oxygen atoms in total. The summed E-state index contributed by atoms with van der Waals surface area (Å²) in [5, 5.41) is 2.25. The number of halogens is 3. The van der Waals surface area contributed by atoms with Crippen molar-refractivity contribution in [2.24, 2.45) is 0 Å². The maximum absolute atomic E-state index is 2.25. The molecular formula is C2H7Cl3N-. The van der Waals surface area contributed by atoms with Crippen LogP contribution in [0.2, 0.25) is 0 Å². The molecular weight excluding hydrogens is 144 g/mol. The SMILES string of the molecule is C1C[NH2+]1.Cl.[Cl-].[Cl-]. The fourth-order valence-corrected chi connectivity index (χ4v) is 0. The number of nitrogens with two attached hydrogens (primary N) is 1. The normalized spacial score (nSPS) is 12.0. The van der Waals surface area contributed by atoms with E-state index in [1.54, 1.807) is 0 Å². The van der Waals surface area contributed by atoms with Gasteiger partial charge in [0.15, 0.2) is 0 Å². The van der Waals surface area contributed by atoms with Crippen LogP contribution in [0.1, 0.15) is 0 Å². The van der Waals surface area contributed by atoms with Crippen LogP contribution in [-0.2, 0) is 0 Å². The van der Waals surface area contributed by atoms with Crippen molar-refractivity contribution in [3.63, 3.8) is 0 Å². The van der Waals surface area contributed by atoms with E-state index in [1.807, 2.05) is 0 Å². The zero-order chi connectivity index (χ0) is 2.12. The summed E-state index contributed by atoms with van der Waals surface area (Å²) in [7, 11) is 0. The van der Waals surface area contributed by atoms with Crippen LogP contribution >= 0.6 is 12.4 Å². The molecule has 1 aliphatic rings. The molecule has 0 aromatic carbocycles. The monoisotopic (exact) mass is 150 g/mol. The van der Waals surface area contributed by atoms with E-state index < -0.39 is 0 Å². The first-order chi connectivity index (χ1) is 1.50. The summed E-state index contributed by atoms with van der Waals surface area (Å²) in [6.45, 7) is 2.75. The smallest absolute Gasteiger partial charge is 0.125 e. The quantitative estimate of drug-likeness (QED) is 0.332. The minimum Gasteiger partial charge on any atom is -1.00 e. The highest BCUT2D eigenvalue weighted by Crippen LogP contribution is 1.39. The predicted octanol–water partition coefficient (Wildman–Crippen LogP) is -7.01. The van der Waals surface area contributed by atoms with E-state index in [0.29, 0.717) is 0 Å². The minimum absolute atomic E-state index is 0. The molecule has 0 spiro atoms. The number of quaternary nitrogens is 1. The average Bonchev–Trinajstić information content (AvgIpc) is 1.46. The van der Waals surface area contributed by atoms with Crippen LogP contribution in [-0.4, -0.2) is 13.1 Å². The van der Waals surface area contributed by atoms with E-state index in [4.69, 9.17) is 0 Å². The van der Waals surface area contributed by atoms with Crippen LogP contribution in [0.3, 0.4) is 0 Å². The second-order valence-corrected chi connectivity index (χ2v) is 0.866. The van der Waals surface area contributed by atoms with Crippen molar-refractivity contribution in [1.29, 1.82) is 0 Å². The Morgan fingerprint density at radius 3 is 1.17 bits per heavy atom. The van der Waals surface area contributed by atoms with Gasteiger partial charge in [0.1, 0.15) is 13.1 Å². The first-order valence-electron chi connectivity index (χ1n) is 1.32. The van der Waals surface area contributed by atoms with E-state index in [-0.39, 0.29) is 37.2 Å². The molecule has 4 heteroatoms. The second kappa shape index (κ2) is 9.27. The van der Waals surface area contributed by atoms with Crippen LogP contribution in [0.4, 0.5) is 0 Å². The summed E-state index contributed by atoms with van der Waals surface area (Å²) in [6.07, 6.45) is 0. The van der Waals surface area contributed by atoms with Gasteiger partial charge in [-0.25, -0.2) is 0 Å². The lowest BCUT2D eigenvalue weighted by molar-refractivity contribution is -0.473. The topological polar surface area (TPSA) is 16.6 Å². The fourth-order valence-electron chi connectivity index (χ4n) is 0. The Hall–Kier alpha value is 0.830. The van der Waals surface area contributed by atoms with Crippen molar-refractivity contribution < 1.29 is 30.1 Å². The summed E-state index contributed by atoms with van der Waals surface area (Å²) >= 11 is 0. The molecule has 0 amide bonds. The molecule has 0 radical (unpaired) electrons. The maximum Gasteiger partial charge on any atom is 0.125 e. The van der Waals surface area contributed by atoms with Crippen LogP contribution in [0, 0.1) is 0 Å². The Labute approximate surface area is 56.1 Å². The van der Waals surface area contributed by atoms with Crippen molar-refractivity contribution >= 4 is 12.4 Å². The van der Waals surface area contributed by atoms with E-state index in [9.17, 15) is 0 Å². The molecule has 0 saturated carbocycles. The summed E-state index contributed by atoms with van der Waals surface area (Å²) in [5.41, 5.74) is 0. The molecule has 0 unspecified atom stereocenters. The molecule has 1 aliphatic heterocycles. The fraction of sp³-hybridized carbons (Fsp3) is 1.00. The molecule has 1 rings (SSSR count). The summed E-state index contributed by atoms with van der Waals surface area (Å²) < 4.78 is 0. The third kappa shape index (κ3) is 21.2. The Balaban J connectivity index is -0.0000000300. The molecule has 0 atom stereocenters. The summed E-state index contributed by atoms with van der Waals surface area (Å²) in [4.78, 5) is 0. The molecule has 42 valence electrons. The lowest BCUT2D eigenvalue weighted by atomic mass is 11.0. The molecule has 1 heterocycles. The van der Waals surface area contributed by atoms with Crippen LogP contribution in [0.5, 0.6) is 0 Å². The lowest BCUT2D eigenvalue weighted by Gasteiger charge is -1.20. The van der Waals surface area contributed by atoms with Gasteiger partial charge < -0.3 is 30.1 Å². The number of rotatable bonds is 0. The van der Waals surface area contributed by atoms with Crippen LogP contribution < -0.4 is 30.1 Å². The average molecular weight is 151 g/mol. The Kier molecular flexibility index (Phi) is 24.5. The van der Waals surface area contributed by atoms with Crippen LogP contribution in [0.25, 0.3) is 0 Å². The largest absolute Gasteiger partial charge is 1.00 e. The zero-order valence-corrected chi connectivity index (χ0v) is 5.48. The van der Waals surface area contributed by atoms with Crippen molar-refractivity contribution in [3.05, 3.63) is 0 Å². The number of hydrogen-bond acceptors (Lipinski definition) is 0. The van der Waals surface area contributed by atoms with Gasteiger partial charge in [-0.3, -0.25) is 0 Å². The van der Waals surface area contributed by atoms with Gasteiger partial charge in [0.05, 0.1) is 0 Å². The molecule has 0 aromatic rings. The molecule has 0 bridgehead atoms. The van der Waals surface area contributed by atoms with Crippen LogP contribution in [0.15, 0.2) is 0 Å². The van der Waals surface area contributed by atoms with Gasteiger partial charge in [-0.05, 0) is 0 Å². The van der Waals surface area contributed by atoms with E-state index in [1.165, 1.54) is 13.1 Å². The Bertz CT molecular complexity index is 13.5. The molecule has 6 heavy (non-hydrogen) atoms. The van der Waals surface area contributed by atoms with Crippen molar-refractivity contribution in [2.45, 2.75) is 0 Å². The van der Waals surface area contributed by atoms with E-state index in [0.717, 1.165) is 0 Å². The first-order valence-corrected chi connectivity index (χ1v) is 1.32. The van der Waals surface area contributed by atoms with Gasteiger partial charge in [0, 0.05) is 0 Å². The van der Waals surface area contributed by atoms with Gasteiger partial charge in [0.25, 0.3) is 0 Å². The second-order valence-electron chi connectivity index (χ2n) is 0.866. The molecule has 0 aliphatic carbocycles. The number of hydrogen-bond donors (Lipinski definition) is 1. The summed E-state index contributed by atoms with van der Waals surface area (Å²) in [5.74, 6) is 0. The minimum atomic E-state index is 0. The standard InChI is InChI=1S/C2H5N.3ClH/c1-2-3-1;;;/h3H,1-2H2;3*1H/p-1. The third-order valence-corrected chi connectivity index (χ3v) is 0.289. The predicted molar refractivity (Wildman–Crippen MR) is 18.9 cm³/mol. The van der Waals surface area contributed by atoms with Gasteiger partial charge in [-0.2, -0.15) is 0 Å². The van der Waals surface area contributed by atoms with Gasteiger partial charge in [0.2, 0.25) is 0 Å². The van der Waals surface area contributed by atoms with Crippen molar-refractivity contribution in [3.8, 4) is 0 Å². The highest BCUT2D eigenvalue weighted by Gasteiger charge is 1.99. The summed E-state index contributed by atoms with van der Waals surface area (Å²) in [6, 6.07) is 0. The maximum atomic E-state index is 2.25. The van der Waals surface area contributed by atoms with Gasteiger partial charge in [-0.15, -0.1) is 12.4 Å². The molecule has 2 N–H and O–H groups in total. The van der Waals surface area contributed by atoms with Crippen molar-refractivity contribution in [2.75, 3.05) is 13.1 Å². The highest BCUT2D eigenvalue weighted by atomic mass is 35.5. The van der Waals surface area contributed by atoms with E-state index in [2.05, 4.69) is 5.32 Å². The molecule has 0 aromatic heterocycles. The van der Waals surface area contributed by atoms with Crippen molar-refractivity contribution in [1.82, 2.24) is 0 Å². The third-order valence-electron chi connectivity index (χ3n) is 0.289.